The Balaban J connectivity index is 1.99. The van der Waals surface area contributed by atoms with Crippen LogP contribution in [0.5, 0.6) is 0 Å². The molecule has 5 nitrogen and oxygen atoms in total. The predicted octanol–water partition coefficient (Wildman–Crippen LogP) is 2.52. The van der Waals surface area contributed by atoms with Crippen molar-refractivity contribution in [2.75, 3.05) is 5.75 Å². The van der Waals surface area contributed by atoms with Crippen molar-refractivity contribution in [2.45, 2.75) is 38.4 Å². The molecular formula is C15H19N3O2S. The minimum Gasteiger partial charge on any atom is -0.293 e. The first-order chi connectivity index (χ1) is 10.2. The van der Waals surface area contributed by atoms with E-state index >= 15 is 0 Å². The molecule has 6 heteroatoms. The number of nitrogens with one attached hydrogen (secondary N) is 1. The van der Waals surface area contributed by atoms with Crippen LogP contribution in [0.1, 0.15) is 36.2 Å². The third-order valence-electron chi connectivity index (χ3n) is 3.19. The minimum absolute atomic E-state index is 0.0427. The summed E-state index contributed by atoms with van der Waals surface area (Å²) in [5.74, 6) is 0.318. The Labute approximate surface area is 127 Å². The SMILES string of the molecule is CCCc1ccc(C(=O)CSc2n[nH]c(=O)n2CC)cc1. The number of nitrogens with zero attached hydrogens (tertiary/aromatic N) is 2. The Kier molecular flexibility index (Phi) is 5.38. The molecule has 1 N–H and O–H groups in total. The van der Waals surface area contributed by atoms with E-state index in [-0.39, 0.29) is 17.2 Å². The van der Waals surface area contributed by atoms with Crippen LogP contribution in [0.15, 0.2) is 34.2 Å². The molecule has 1 heterocycles. The van der Waals surface area contributed by atoms with Crippen molar-refractivity contribution in [1.82, 2.24) is 14.8 Å². The molecule has 112 valence electrons. The van der Waals surface area contributed by atoms with Gasteiger partial charge in [0.2, 0.25) is 0 Å². The van der Waals surface area contributed by atoms with Crippen molar-refractivity contribution in [1.29, 1.82) is 0 Å². The first-order valence-corrected chi connectivity index (χ1v) is 8.04. The highest BCUT2D eigenvalue weighted by molar-refractivity contribution is 7.99. The van der Waals surface area contributed by atoms with Crippen LogP contribution in [0.2, 0.25) is 0 Å². The maximum atomic E-state index is 12.1. The molecule has 0 saturated heterocycles. The van der Waals surface area contributed by atoms with E-state index in [9.17, 15) is 9.59 Å². The van der Waals surface area contributed by atoms with E-state index in [2.05, 4.69) is 17.1 Å². The fourth-order valence-corrected chi connectivity index (χ4v) is 2.96. The molecule has 0 saturated carbocycles. The van der Waals surface area contributed by atoms with Crippen molar-refractivity contribution in [2.24, 2.45) is 0 Å². The van der Waals surface area contributed by atoms with Gasteiger partial charge in [0.1, 0.15) is 0 Å². The van der Waals surface area contributed by atoms with Crippen LogP contribution >= 0.6 is 11.8 Å². The second-order valence-corrected chi connectivity index (χ2v) is 5.66. The molecule has 0 aliphatic rings. The zero-order valence-electron chi connectivity index (χ0n) is 12.3. The summed E-state index contributed by atoms with van der Waals surface area (Å²) in [7, 11) is 0. The quantitative estimate of drug-likeness (QED) is 0.630. The second kappa shape index (κ2) is 7.26. The van der Waals surface area contributed by atoms with E-state index in [0.717, 1.165) is 12.8 Å². The Morgan fingerprint density at radius 1 is 1.29 bits per heavy atom. The molecule has 0 unspecified atom stereocenters. The summed E-state index contributed by atoms with van der Waals surface area (Å²) in [6.45, 7) is 4.54. The lowest BCUT2D eigenvalue weighted by molar-refractivity contribution is 0.102. The van der Waals surface area contributed by atoms with Crippen molar-refractivity contribution in [3.63, 3.8) is 0 Å². The van der Waals surface area contributed by atoms with Crippen LogP contribution in [-0.4, -0.2) is 26.3 Å². The standard InChI is InChI=1S/C15H19N3O2S/c1-3-5-11-6-8-12(9-7-11)13(19)10-21-15-17-16-14(20)18(15)4-2/h6-9H,3-5,10H2,1-2H3,(H,16,20). The van der Waals surface area contributed by atoms with E-state index in [0.29, 0.717) is 17.3 Å². The molecule has 0 bridgehead atoms. The summed E-state index contributed by atoms with van der Waals surface area (Å²) in [4.78, 5) is 23.6. The summed E-state index contributed by atoms with van der Waals surface area (Å²) in [6, 6.07) is 7.73. The monoisotopic (exact) mass is 305 g/mol. The number of hydrogen-bond acceptors (Lipinski definition) is 4. The molecule has 0 aliphatic heterocycles. The van der Waals surface area contributed by atoms with Crippen molar-refractivity contribution in [3.05, 3.63) is 45.9 Å². The largest absolute Gasteiger partial charge is 0.343 e. The summed E-state index contributed by atoms with van der Waals surface area (Å²) in [5, 5.41) is 6.88. The van der Waals surface area contributed by atoms with Gasteiger partial charge in [-0.2, -0.15) is 0 Å². The smallest absolute Gasteiger partial charge is 0.293 e. The van der Waals surface area contributed by atoms with Crippen LogP contribution in [0.4, 0.5) is 0 Å². The van der Waals surface area contributed by atoms with Crippen LogP contribution < -0.4 is 5.69 Å². The van der Waals surface area contributed by atoms with Crippen LogP contribution in [0.3, 0.4) is 0 Å². The third-order valence-corrected chi connectivity index (χ3v) is 4.16. The third kappa shape index (κ3) is 3.85. The number of rotatable bonds is 7. The average Bonchev–Trinajstić information content (AvgIpc) is 2.86. The van der Waals surface area contributed by atoms with E-state index < -0.39 is 0 Å². The molecule has 0 atom stereocenters. The molecule has 0 fully saturated rings. The summed E-state index contributed by atoms with van der Waals surface area (Å²) >= 11 is 1.28. The molecule has 1 aromatic carbocycles. The van der Waals surface area contributed by atoms with Crippen molar-refractivity contribution in [3.8, 4) is 0 Å². The van der Waals surface area contributed by atoms with Gasteiger partial charge in [0.25, 0.3) is 0 Å². The lowest BCUT2D eigenvalue weighted by atomic mass is 10.1. The van der Waals surface area contributed by atoms with Crippen LogP contribution in [0.25, 0.3) is 0 Å². The van der Waals surface area contributed by atoms with Gasteiger partial charge in [-0.25, -0.2) is 9.89 Å². The Morgan fingerprint density at radius 2 is 2.00 bits per heavy atom. The Morgan fingerprint density at radius 3 is 2.62 bits per heavy atom. The van der Waals surface area contributed by atoms with Gasteiger partial charge in [-0.15, -0.1) is 5.10 Å². The molecule has 2 rings (SSSR count). The molecule has 21 heavy (non-hydrogen) atoms. The average molecular weight is 305 g/mol. The lowest BCUT2D eigenvalue weighted by Gasteiger charge is -2.03. The number of thioether (sulfide) groups is 1. The zero-order valence-corrected chi connectivity index (χ0v) is 13.1. The number of aromatic nitrogens is 3. The van der Waals surface area contributed by atoms with E-state index in [1.54, 1.807) is 0 Å². The van der Waals surface area contributed by atoms with Gasteiger partial charge in [0.05, 0.1) is 5.75 Å². The molecule has 0 radical (unpaired) electrons. The fraction of sp³-hybridized carbons (Fsp3) is 0.400. The highest BCUT2D eigenvalue weighted by atomic mass is 32.2. The van der Waals surface area contributed by atoms with Gasteiger partial charge in [-0.05, 0) is 18.9 Å². The maximum absolute atomic E-state index is 12.1. The van der Waals surface area contributed by atoms with Gasteiger partial charge in [0, 0.05) is 12.1 Å². The number of benzene rings is 1. The number of aryl methyl sites for hydroxylation is 1. The highest BCUT2D eigenvalue weighted by Crippen LogP contribution is 2.16. The minimum atomic E-state index is -0.239. The van der Waals surface area contributed by atoms with Crippen LogP contribution in [-0.2, 0) is 13.0 Å². The van der Waals surface area contributed by atoms with Gasteiger partial charge in [-0.3, -0.25) is 9.36 Å². The first kappa shape index (κ1) is 15.6. The van der Waals surface area contributed by atoms with E-state index in [4.69, 9.17) is 0 Å². The number of carbonyl (C=O) groups excluding carboxylic acids is 1. The fourth-order valence-electron chi connectivity index (χ4n) is 2.05. The Bertz CT molecular complexity index is 658. The summed E-state index contributed by atoms with van der Waals surface area (Å²) < 4.78 is 1.52. The number of Topliss-reactive ketones (excluding diaryl/α,β-unsaturated/α-hetero) is 1. The number of aromatic amines is 1. The van der Waals surface area contributed by atoms with E-state index in [1.807, 2.05) is 31.2 Å². The maximum Gasteiger partial charge on any atom is 0.343 e. The molecule has 0 spiro atoms. The molecule has 0 amide bonds. The van der Waals surface area contributed by atoms with E-state index in [1.165, 1.54) is 21.9 Å². The van der Waals surface area contributed by atoms with Gasteiger partial charge < -0.3 is 0 Å². The molecular weight excluding hydrogens is 286 g/mol. The molecule has 0 aliphatic carbocycles. The number of ketones is 1. The van der Waals surface area contributed by atoms with Crippen molar-refractivity contribution >= 4 is 17.5 Å². The van der Waals surface area contributed by atoms with Gasteiger partial charge >= 0.3 is 5.69 Å². The number of hydrogen-bond donors (Lipinski definition) is 1. The second-order valence-electron chi connectivity index (χ2n) is 4.71. The highest BCUT2D eigenvalue weighted by Gasteiger charge is 2.11. The van der Waals surface area contributed by atoms with Crippen LogP contribution in [0, 0.1) is 0 Å². The molecule has 2 aromatic rings. The van der Waals surface area contributed by atoms with Gasteiger partial charge in [-0.1, -0.05) is 49.4 Å². The Hall–Kier alpha value is -1.82. The van der Waals surface area contributed by atoms with Crippen molar-refractivity contribution < 1.29 is 4.79 Å². The number of H-pyrrole nitrogens is 1. The number of carbonyl (C=O) groups is 1. The summed E-state index contributed by atoms with van der Waals surface area (Å²) in [5.41, 5.74) is 1.70. The topological polar surface area (TPSA) is 67.8 Å². The first-order valence-electron chi connectivity index (χ1n) is 7.05. The normalized spacial score (nSPS) is 10.8. The zero-order chi connectivity index (χ0) is 15.2. The predicted molar refractivity (Wildman–Crippen MR) is 84.0 cm³/mol. The van der Waals surface area contributed by atoms with Gasteiger partial charge in [0.15, 0.2) is 10.9 Å². The lowest BCUT2D eigenvalue weighted by Crippen LogP contribution is -2.16. The summed E-state index contributed by atoms with van der Waals surface area (Å²) in [6.07, 6.45) is 2.12. The molecule has 1 aromatic heterocycles.